The zero-order valence-corrected chi connectivity index (χ0v) is 17.8. The molecule has 1 fully saturated rings. The van der Waals surface area contributed by atoms with Crippen molar-refractivity contribution in [3.63, 3.8) is 0 Å². The molecule has 7 heteroatoms. The Labute approximate surface area is 181 Å². The first kappa shape index (κ1) is 20.9. The molecule has 2 amide bonds. The van der Waals surface area contributed by atoms with Crippen LogP contribution in [0, 0.1) is 19.8 Å². The third-order valence-corrected chi connectivity index (χ3v) is 5.86. The number of ketones is 1. The van der Waals surface area contributed by atoms with Crippen LogP contribution >= 0.6 is 0 Å². The van der Waals surface area contributed by atoms with E-state index in [1.807, 2.05) is 32.0 Å². The second-order valence-electron chi connectivity index (χ2n) is 8.08. The Balaban J connectivity index is 1.32. The summed E-state index contributed by atoms with van der Waals surface area (Å²) in [6, 6.07) is 11.0. The smallest absolute Gasteiger partial charge is 0.262 e. The standard InChI is InChI=1S/C24H26N2O5/c1-15-4-3-5-16(2)24(15)31-14-22(28)26-10-8-17(9-11-26)23(29)18-6-7-20-19(12-18)25-21(27)13-30-20/h3-7,12,17H,8-11,13-14H2,1-2H3,(H,25,27). The highest BCUT2D eigenvalue weighted by Gasteiger charge is 2.29. The van der Waals surface area contributed by atoms with Crippen LogP contribution in [0.4, 0.5) is 5.69 Å². The van der Waals surface area contributed by atoms with Crippen molar-refractivity contribution in [3.8, 4) is 11.5 Å². The molecule has 2 aliphatic rings. The van der Waals surface area contributed by atoms with Crippen LogP contribution in [-0.4, -0.2) is 48.8 Å². The lowest BCUT2D eigenvalue weighted by Crippen LogP contribution is -2.42. The van der Waals surface area contributed by atoms with Crippen LogP contribution < -0.4 is 14.8 Å². The molecule has 1 N–H and O–H groups in total. The van der Waals surface area contributed by atoms with Gasteiger partial charge < -0.3 is 19.7 Å². The van der Waals surface area contributed by atoms with Gasteiger partial charge in [0.05, 0.1) is 5.69 Å². The average molecular weight is 422 g/mol. The first-order valence-electron chi connectivity index (χ1n) is 10.5. The number of rotatable bonds is 5. The summed E-state index contributed by atoms with van der Waals surface area (Å²) in [4.78, 5) is 38.8. The molecule has 0 saturated carbocycles. The summed E-state index contributed by atoms with van der Waals surface area (Å²) in [6.07, 6.45) is 1.21. The third kappa shape index (κ3) is 4.55. The minimum Gasteiger partial charge on any atom is -0.483 e. The van der Waals surface area contributed by atoms with E-state index in [2.05, 4.69) is 5.32 Å². The van der Waals surface area contributed by atoms with Gasteiger partial charge in [-0.05, 0) is 56.0 Å². The fraction of sp³-hybridized carbons (Fsp3) is 0.375. The predicted molar refractivity (Wildman–Crippen MR) is 116 cm³/mol. The monoisotopic (exact) mass is 422 g/mol. The second kappa shape index (κ2) is 8.79. The highest BCUT2D eigenvalue weighted by atomic mass is 16.5. The fourth-order valence-electron chi connectivity index (χ4n) is 4.12. The van der Waals surface area contributed by atoms with Gasteiger partial charge in [0.2, 0.25) is 0 Å². The van der Waals surface area contributed by atoms with Crippen molar-refractivity contribution in [2.45, 2.75) is 26.7 Å². The summed E-state index contributed by atoms with van der Waals surface area (Å²) in [5.74, 6) is 0.905. The van der Waals surface area contributed by atoms with Gasteiger partial charge in [-0.15, -0.1) is 0 Å². The summed E-state index contributed by atoms with van der Waals surface area (Å²) < 4.78 is 11.1. The minimum absolute atomic E-state index is 0.00513. The molecule has 0 unspecified atom stereocenters. The number of carbonyl (C=O) groups is 3. The van der Waals surface area contributed by atoms with Crippen molar-refractivity contribution in [2.24, 2.45) is 5.92 Å². The van der Waals surface area contributed by atoms with Crippen LogP contribution in [0.1, 0.15) is 34.3 Å². The van der Waals surface area contributed by atoms with E-state index in [4.69, 9.17) is 9.47 Å². The Kier molecular flexibility index (Phi) is 5.93. The number of likely N-dealkylation sites (tertiary alicyclic amines) is 1. The average Bonchev–Trinajstić information content (AvgIpc) is 2.77. The van der Waals surface area contributed by atoms with Crippen LogP contribution in [0.2, 0.25) is 0 Å². The maximum atomic E-state index is 12.9. The topological polar surface area (TPSA) is 84.9 Å². The molecule has 2 heterocycles. The van der Waals surface area contributed by atoms with E-state index < -0.39 is 0 Å². The number of anilines is 1. The van der Waals surface area contributed by atoms with E-state index in [-0.39, 0.29) is 36.7 Å². The van der Waals surface area contributed by atoms with Gasteiger partial charge in [0.25, 0.3) is 11.8 Å². The minimum atomic E-state index is -0.230. The molecular weight excluding hydrogens is 396 g/mol. The molecule has 7 nitrogen and oxygen atoms in total. The van der Waals surface area contributed by atoms with Crippen molar-refractivity contribution < 1.29 is 23.9 Å². The molecule has 0 radical (unpaired) electrons. The summed E-state index contributed by atoms with van der Waals surface area (Å²) in [5.41, 5.74) is 3.08. The Morgan fingerprint density at radius 2 is 1.84 bits per heavy atom. The molecule has 2 aromatic carbocycles. The fourth-order valence-corrected chi connectivity index (χ4v) is 4.12. The number of piperidine rings is 1. The first-order chi connectivity index (χ1) is 14.9. The van der Waals surface area contributed by atoms with Gasteiger partial charge in [0, 0.05) is 24.6 Å². The van der Waals surface area contributed by atoms with Gasteiger partial charge in [-0.3, -0.25) is 14.4 Å². The Morgan fingerprint density at radius 3 is 2.55 bits per heavy atom. The zero-order valence-electron chi connectivity index (χ0n) is 17.8. The van der Waals surface area contributed by atoms with Crippen molar-refractivity contribution in [3.05, 3.63) is 53.1 Å². The molecule has 1 saturated heterocycles. The second-order valence-corrected chi connectivity index (χ2v) is 8.08. The highest BCUT2D eigenvalue weighted by Crippen LogP contribution is 2.31. The SMILES string of the molecule is Cc1cccc(C)c1OCC(=O)N1CCC(C(=O)c2ccc3c(c2)NC(=O)CO3)CC1. The van der Waals surface area contributed by atoms with Crippen molar-refractivity contribution >= 4 is 23.3 Å². The van der Waals surface area contributed by atoms with Crippen LogP contribution in [0.5, 0.6) is 11.5 Å². The lowest BCUT2D eigenvalue weighted by molar-refractivity contribution is -0.134. The number of Topliss-reactive ketones (excluding diaryl/α,β-unsaturated/α-hetero) is 1. The first-order valence-corrected chi connectivity index (χ1v) is 10.5. The van der Waals surface area contributed by atoms with Crippen LogP contribution in [0.15, 0.2) is 36.4 Å². The molecule has 162 valence electrons. The lowest BCUT2D eigenvalue weighted by atomic mass is 9.88. The molecule has 2 aromatic rings. The third-order valence-electron chi connectivity index (χ3n) is 5.86. The molecule has 0 spiro atoms. The quantitative estimate of drug-likeness (QED) is 0.749. The lowest BCUT2D eigenvalue weighted by Gasteiger charge is -2.31. The van der Waals surface area contributed by atoms with Gasteiger partial charge in [-0.25, -0.2) is 0 Å². The normalized spacial score (nSPS) is 16.2. The molecule has 0 atom stereocenters. The number of hydrogen-bond donors (Lipinski definition) is 1. The van der Waals surface area contributed by atoms with Crippen molar-refractivity contribution in [2.75, 3.05) is 31.6 Å². The summed E-state index contributed by atoms with van der Waals surface area (Å²) in [7, 11) is 0. The number of fused-ring (bicyclic) bond motifs is 1. The van der Waals surface area contributed by atoms with E-state index in [1.165, 1.54) is 0 Å². The van der Waals surface area contributed by atoms with Crippen LogP contribution in [0.3, 0.4) is 0 Å². The number of benzene rings is 2. The number of para-hydroxylation sites is 1. The number of nitrogens with one attached hydrogen (secondary N) is 1. The number of carbonyl (C=O) groups excluding carboxylic acids is 3. The number of aryl methyl sites for hydroxylation is 2. The Morgan fingerprint density at radius 1 is 1.13 bits per heavy atom. The molecule has 0 aromatic heterocycles. The molecule has 0 bridgehead atoms. The molecule has 31 heavy (non-hydrogen) atoms. The van der Waals surface area contributed by atoms with Crippen molar-refractivity contribution in [1.29, 1.82) is 0 Å². The highest BCUT2D eigenvalue weighted by molar-refractivity contribution is 6.01. The molecule has 2 aliphatic heterocycles. The summed E-state index contributed by atoms with van der Waals surface area (Å²) in [6.45, 7) is 4.95. The van der Waals surface area contributed by atoms with Crippen LogP contribution in [0.25, 0.3) is 0 Å². The van der Waals surface area contributed by atoms with E-state index in [9.17, 15) is 14.4 Å². The zero-order chi connectivity index (χ0) is 22.0. The van der Waals surface area contributed by atoms with Gasteiger partial charge >= 0.3 is 0 Å². The Hall–Kier alpha value is -3.35. The maximum Gasteiger partial charge on any atom is 0.262 e. The number of hydrogen-bond acceptors (Lipinski definition) is 5. The van der Waals surface area contributed by atoms with E-state index in [1.54, 1.807) is 23.1 Å². The number of nitrogens with zero attached hydrogens (tertiary/aromatic N) is 1. The van der Waals surface area contributed by atoms with Crippen molar-refractivity contribution in [1.82, 2.24) is 4.90 Å². The predicted octanol–water partition coefficient (Wildman–Crippen LogP) is 3.13. The van der Waals surface area contributed by atoms with Gasteiger partial charge in [0.15, 0.2) is 19.0 Å². The summed E-state index contributed by atoms with van der Waals surface area (Å²) >= 11 is 0. The molecule has 4 rings (SSSR count). The number of amides is 2. The van der Waals surface area contributed by atoms with Gasteiger partial charge in [-0.2, -0.15) is 0 Å². The van der Waals surface area contributed by atoms with Gasteiger partial charge in [0.1, 0.15) is 11.5 Å². The van der Waals surface area contributed by atoms with E-state index in [0.717, 1.165) is 16.9 Å². The summed E-state index contributed by atoms with van der Waals surface area (Å²) in [5, 5.41) is 2.73. The largest absolute Gasteiger partial charge is 0.483 e. The number of ether oxygens (including phenoxy) is 2. The molecular formula is C24H26N2O5. The Bertz CT molecular complexity index is 1000. The van der Waals surface area contributed by atoms with Gasteiger partial charge in [-0.1, -0.05) is 18.2 Å². The molecule has 0 aliphatic carbocycles. The van der Waals surface area contributed by atoms with E-state index in [0.29, 0.717) is 42.9 Å². The van der Waals surface area contributed by atoms with Crippen LogP contribution in [-0.2, 0) is 9.59 Å². The van der Waals surface area contributed by atoms with E-state index >= 15 is 0 Å². The maximum absolute atomic E-state index is 12.9.